The van der Waals surface area contributed by atoms with Crippen LogP contribution in [0.15, 0.2) is 39.4 Å². The van der Waals surface area contributed by atoms with E-state index in [9.17, 15) is 29.4 Å². The van der Waals surface area contributed by atoms with E-state index in [2.05, 4.69) is 62.0 Å². The van der Waals surface area contributed by atoms with Crippen LogP contribution in [0.5, 0.6) is 5.75 Å². The molecule has 1 saturated heterocycles. The van der Waals surface area contributed by atoms with Crippen molar-refractivity contribution >= 4 is 40.3 Å². The number of aromatic hydroxyl groups is 1. The number of aliphatic hydroxyl groups excluding tert-OH is 1. The van der Waals surface area contributed by atoms with Gasteiger partial charge in [-0.25, -0.2) is 0 Å². The summed E-state index contributed by atoms with van der Waals surface area (Å²) in [7, 11) is 0. The number of benzene rings is 1. The molecule has 266 valence electrons. The Balaban J connectivity index is 1.56. The molecule has 1 aromatic carbocycles. The van der Waals surface area contributed by atoms with Crippen molar-refractivity contribution in [3.8, 4) is 5.75 Å². The molecule has 4 heterocycles. The normalized spacial score (nSPS) is 25.6. The van der Waals surface area contributed by atoms with Crippen molar-refractivity contribution in [3.05, 3.63) is 56.1 Å². The molecule has 4 N–H and O–H groups in total. The summed E-state index contributed by atoms with van der Waals surface area (Å²) in [5, 5.41) is 30.3. The Labute approximate surface area is 294 Å². The first-order valence-corrected chi connectivity index (χ1v) is 17.9. The summed E-state index contributed by atoms with van der Waals surface area (Å²) in [6.45, 7) is 22.4. The van der Waals surface area contributed by atoms with Crippen LogP contribution < -0.4 is 15.5 Å². The highest BCUT2D eigenvalue weighted by molar-refractivity contribution is 6.43. The standard InChI is InChI=1S/C40H50N4O6/c1-19(45)41-29-21(35(49)27-31-25(29)37(3,4)11-15-43(31)17-13-39(27,7)8)23-33(47)24(34(23)48)22-30(42-20(2)46)26-32-28(36(22)50)40(9,10)14-18-44(32)16-12-38(26,5)6/h47,49H,11-18H2,1-10H3,(H,41,45)(H,42,46). The lowest BCUT2D eigenvalue weighted by molar-refractivity contribution is -0.118. The number of piperidine rings is 1. The molecule has 0 radical (unpaired) electrons. The number of phenols is 1. The van der Waals surface area contributed by atoms with Gasteiger partial charge in [0.25, 0.3) is 0 Å². The van der Waals surface area contributed by atoms with Crippen molar-refractivity contribution in [1.29, 1.82) is 0 Å². The molecule has 0 aromatic heterocycles. The van der Waals surface area contributed by atoms with Crippen LogP contribution in [0, 0.1) is 10.8 Å². The maximum Gasteiger partial charge on any atom is 0.221 e. The van der Waals surface area contributed by atoms with E-state index >= 15 is 0 Å². The molecule has 0 unspecified atom stereocenters. The number of nitrogens with zero attached hydrogens (tertiary/aromatic N) is 2. The molecule has 0 atom stereocenters. The van der Waals surface area contributed by atoms with Crippen LogP contribution in [-0.4, -0.2) is 64.7 Å². The summed E-state index contributed by atoms with van der Waals surface area (Å²) in [5.74, 6) is -2.37. The summed E-state index contributed by atoms with van der Waals surface area (Å²) < 4.78 is 0. The highest BCUT2D eigenvalue weighted by atomic mass is 16.3. The number of Topliss-reactive ketones (excluding diaryl/α,β-unsaturated/α-hetero) is 2. The Hall–Kier alpha value is -4.34. The molecule has 2 aliphatic carbocycles. The Kier molecular flexibility index (Phi) is 7.23. The third-order valence-electron chi connectivity index (χ3n) is 12.3. The van der Waals surface area contributed by atoms with Gasteiger partial charge in [-0.2, -0.15) is 0 Å². The van der Waals surface area contributed by atoms with Crippen LogP contribution in [0.25, 0.3) is 5.57 Å². The zero-order valence-corrected chi connectivity index (χ0v) is 31.1. The number of nitrogens with one attached hydrogen (secondary N) is 2. The topological polar surface area (TPSA) is 139 Å². The maximum atomic E-state index is 14.8. The first-order valence-electron chi connectivity index (χ1n) is 17.9. The van der Waals surface area contributed by atoms with Crippen molar-refractivity contribution in [2.45, 2.75) is 106 Å². The highest BCUT2D eigenvalue weighted by Gasteiger charge is 2.54. The van der Waals surface area contributed by atoms with Gasteiger partial charge in [0.1, 0.15) is 11.5 Å². The molecule has 0 spiro atoms. The number of amides is 2. The Morgan fingerprint density at radius 2 is 1.12 bits per heavy atom. The fourth-order valence-electron chi connectivity index (χ4n) is 9.44. The summed E-state index contributed by atoms with van der Waals surface area (Å²) >= 11 is 0. The quantitative estimate of drug-likeness (QED) is 0.283. The minimum atomic E-state index is -0.620. The van der Waals surface area contributed by atoms with E-state index in [0.29, 0.717) is 16.8 Å². The lowest BCUT2D eigenvalue weighted by Gasteiger charge is -2.52. The van der Waals surface area contributed by atoms with Gasteiger partial charge in [0.05, 0.1) is 45.1 Å². The van der Waals surface area contributed by atoms with Crippen molar-refractivity contribution in [3.63, 3.8) is 0 Å². The number of carbonyl (C=O) groups excluding carboxylic acids is 4. The number of rotatable bonds is 3. The Morgan fingerprint density at radius 3 is 1.66 bits per heavy atom. The van der Waals surface area contributed by atoms with Crippen LogP contribution in [0.1, 0.15) is 112 Å². The van der Waals surface area contributed by atoms with Crippen LogP contribution in [0.3, 0.4) is 0 Å². The third-order valence-corrected chi connectivity index (χ3v) is 12.3. The molecule has 10 heteroatoms. The highest BCUT2D eigenvalue weighted by Crippen LogP contribution is 2.61. The summed E-state index contributed by atoms with van der Waals surface area (Å²) in [4.78, 5) is 59.7. The predicted molar refractivity (Wildman–Crippen MR) is 193 cm³/mol. The van der Waals surface area contributed by atoms with Crippen molar-refractivity contribution < 1.29 is 29.4 Å². The van der Waals surface area contributed by atoms with Gasteiger partial charge >= 0.3 is 0 Å². The van der Waals surface area contributed by atoms with E-state index in [-0.39, 0.29) is 39.6 Å². The molecule has 6 aliphatic rings. The number of carbonyl (C=O) groups is 4. The van der Waals surface area contributed by atoms with Crippen LogP contribution in [0.4, 0.5) is 11.4 Å². The Bertz CT molecular complexity index is 1980. The van der Waals surface area contributed by atoms with Crippen molar-refractivity contribution in [2.24, 2.45) is 10.8 Å². The van der Waals surface area contributed by atoms with E-state index < -0.39 is 44.9 Å². The molecular weight excluding hydrogens is 632 g/mol. The first-order chi connectivity index (χ1) is 23.1. The number of anilines is 2. The minimum absolute atomic E-state index is 0.0169. The van der Waals surface area contributed by atoms with E-state index in [1.807, 2.05) is 13.8 Å². The summed E-state index contributed by atoms with van der Waals surface area (Å²) in [6, 6.07) is 0. The van der Waals surface area contributed by atoms with Gasteiger partial charge in [0.2, 0.25) is 17.6 Å². The number of ketones is 2. The number of hydrogen-bond acceptors (Lipinski definition) is 8. The van der Waals surface area contributed by atoms with Gasteiger partial charge in [0.15, 0.2) is 5.78 Å². The molecule has 1 fully saturated rings. The third kappa shape index (κ3) is 4.58. The number of hydrogen-bond donors (Lipinski definition) is 4. The predicted octanol–water partition coefficient (Wildman–Crippen LogP) is 6.06. The van der Waals surface area contributed by atoms with Crippen LogP contribution >= 0.6 is 0 Å². The maximum absolute atomic E-state index is 14.8. The molecule has 0 saturated carbocycles. The lowest BCUT2D eigenvalue weighted by atomic mass is 9.62. The molecule has 10 nitrogen and oxygen atoms in total. The first kappa shape index (κ1) is 34.1. The van der Waals surface area contributed by atoms with E-state index in [4.69, 9.17) is 0 Å². The van der Waals surface area contributed by atoms with Gasteiger partial charge in [-0.1, -0.05) is 55.4 Å². The minimum Gasteiger partial charge on any atom is -0.507 e. The molecule has 4 aliphatic heterocycles. The SMILES string of the molecule is CC(=O)NC1=C2C3=C(C(=O)C1=C1C(=O)C(c4c(O)c5c6c(c4NC(C)=O)C(C)(C)CCN6CCC5(C)C)=C1O)C(C)(C)CCN3CCC2(C)C. The largest absolute Gasteiger partial charge is 0.507 e. The van der Waals surface area contributed by atoms with Gasteiger partial charge in [-0.05, 0) is 47.3 Å². The van der Waals surface area contributed by atoms with Gasteiger partial charge in [-0.3, -0.25) is 19.2 Å². The van der Waals surface area contributed by atoms with Gasteiger partial charge < -0.3 is 30.6 Å². The lowest BCUT2D eigenvalue weighted by Crippen LogP contribution is -2.50. The average molecular weight is 683 g/mol. The molecular formula is C40H50N4O6. The van der Waals surface area contributed by atoms with Crippen LogP contribution in [-0.2, 0) is 30.0 Å². The fourth-order valence-corrected chi connectivity index (χ4v) is 9.44. The fraction of sp³-hybridized carbons (Fsp3) is 0.550. The zero-order valence-electron chi connectivity index (χ0n) is 31.1. The zero-order chi connectivity index (χ0) is 36.6. The van der Waals surface area contributed by atoms with Gasteiger partial charge in [0, 0.05) is 62.3 Å². The van der Waals surface area contributed by atoms with E-state index in [1.165, 1.54) is 13.8 Å². The Morgan fingerprint density at radius 1 is 0.620 bits per heavy atom. The second-order valence-electron chi connectivity index (χ2n) is 17.7. The monoisotopic (exact) mass is 682 g/mol. The second-order valence-corrected chi connectivity index (χ2v) is 17.7. The van der Waals surface area contributed by atoms with E-state index in [0.717, 1.165) is 74.4 Å². The molecule has 7 rings (SSSR count). The number of allylic oxidation sites excluding steroid dienone is 5. The summed E-state index contributed by atoms with van der Waals surface area (Å²) in [5.41, 5.74) is 2.98. The van der Waals surface area contributed by atoms with Crippen molar-refractivity contribution in [2.75, 3.05) is 36.4 Å². The molecule has 50 heavy (non-hydrogen) atoms. The average Bonchev–Trinajstić information content (AvgIpc) is 2.98. The molecule has 0 bridgehead atoms. The number of aliphatic hydroxyl groups is 1. The smallest absolute Gasteiger partial charge is 0.221 e. The van der Waals surface area contributed by atoms with Crippen molar-refractivity contribution in [1.82, 2.24) is 10.2 Å². The second kappa shape index (κ2) is 10.6. The molecule has 2 amide bonds. The van der Waals surface area contributed by atoms with Gasteiger partial charge in [-0.15, -0.1) is 0 Å². The van der Waals surface area contributed by atoms with E-state index in [1.54, 1.807) is 0 Å². The molecule has 1 aromatic rings. The van der Waals surface area contributed by atoms with Crippen LogP contribution in [0.2, 0.25) is 0 Å². The summed E-state index contributed by atoms with van der Waals surface area (Å²) in [6.07, 6.45) is 3.06. The number of phenolic OH excluding ortho intramolecular Hbond substituents is 1.